The summed E-state index contributed by atoms with van der Waals surface area (Å²) in [5.74, 6) is 5.59. The fourth-order valence-electron chi connectivity index (χ4n) is 2.06. The van der Waals surface area contributed by atoms with Gasteiger partial charge in [0.1, 0.15) is 0 Å². The smallest absolute Gasteiger partial charge is 0.0708 e. The molecule has 2 aromatic rings. The van der Waals surface area contributed by atoms with Crippen molar-refractivity contribution in [2.75, 3.05) is 0 Å². The van der Waals surface area contributed by atoms with Gasteiger partial charge in [-0.3, -0.25) is 16.3 Å². The summed E-state index contributed by atoms with van der Waals surface area (Å²) < 4.78 is 0. The van der Waals surface area contributed by atoms with E-state index in [9.17, 15) is 0 Å². The summed E-state index contributed by atoms with van der Waals surface area (Å²) >= 11 is 0. The van der Waals surface area contributed by atoms with Gasteiger partial charge in [-0.2, -0.15) is 0 Å². The summed E-state index contributed by atoms with van der Waals surface area (Å²) in [4.78, 5) is 4.52. The van der Waals surface area contributed by atoms with E-state index < -0.39 is 0 Å². The minimum Gasteiger partial charge on any atom is -0.271 e. The molecule has 2 rings (SSSR count). The van der Waals surface area contributed by atoms with Gasteiger partial charge in [0.2, 0.25) is 0 Å². The van der Waals surface area contributed by atoms with Crippen LogP contribution in [0.1, 0.15) is 30.6 Å². The van der Waals surface area contributed by atoms with E-state index in [4.69, 9.17) is 5.84 Å². The molecule has 16 heavy (non-hydrogen) atoms. The van der Waals surface area contributed by atoms with Crippen molar-refractivity contribution < 1.29 is 0 Å². The second-order valence-corrected chi connectivity index (χ2v) is 4.00. The number of rotatable bonds is 3. The first-order valence-corrected chi connectivity index (χ1v) is 5.58. The first-order chi connectivity index (χ1) is 7.76. The van der Waals surface area contributed by atoms with Gasteiger partial charge < -0.3 is 0 Å². The Hall–Kier alpha value is -1.45. The van der Waals surface area contributed by atoms with Gasteiger partial charge in [-0.05, 0) is 31.0 Å². The Morgan fingerprint density at radius 2 is 2.12 bits per heavy atom. The molecular weight excluding hydrogens is 198 g/mol. The number of nitrogens with two attached hydrogens (primary N) is 1. The maximum absolute atomic E-state index is 5.59. The Balaban J connectivity index is 2.66. The Kier molecular flexibility index (Phi) is 3.17. The van der Waals surface area contributed by atoms with E-state index in [1.165, 1.54) is 10.9 Å². The molecule has 1 unspecified atom stereocenters. The van der Waals surface area contributed by atoms with Crippen LogP contribution in [-0.4, -0.2) is 4.98 Å². The molecule has 0 spiro atoms. The summed E-state index contributed by atoms with van der Waals surface area (Å²) in [6.45, 7) is 4.13. The van der Waals surface area contributed by atoms with Gasteiger partial charge in [0.05, 0.1) is 5.52 Å². The van der Waals surface area contributed by atoms with Gasteiger partial charge in [0, 0.05) is 17.1 Å². The fourth-order valence-corrected chi connectivity index (χ4v) is 2.06. The summed E-state index contributed by atoms with van der Waals surface area (Å²) in [5, 5.41) is 1.18. The zero-order chi connectivity index (χ0) is 11.5. The van der Waals surface area contributed by atoms with Crippen LogP contribution in [0.5, 0.6) is 0 Å². The molecule has 84 valence electrons. The third kappa shape index (κ3) is 1.92. The zero-order valence-electron chi connectivity index (χ0n) is 9.70. The summed E-state index contributed by atoms with van der Waals surface area (Å²) in [5.41, 5.74) is 6.15. The number of hydrogen-bond donors (Lipinski definition) is 2. The van der Waals surface area contributed by atoms with Crippen LogP contribution >= 0.6 is 0 Å². The highest BCUT2D eigenvalue weighted by Crippen LogP contribution is 2.25. The molecule has 1 aromatic heterocycles. The number of benzene rings is 1. The molecule has 1 atom stereocenters. The number of pyridine rings is 1. The molecule has 1 heterocycles. The van der Waals surface area contributed by atoms with Gasteiger partial charge >= 0.3 is 0 Å². The highest BCUT2D eigenvalue weighted by molar-refractivity contribution is 5.82. The van der Waals surface area contributed by atoms with Crippen molar-refractivity contribution in [1.29, 1.82) is 0 Å². The number of hydrogen-bond acceptors (Lipinski definition) is 3. The van der Waals surface area contributed by atoms with E-state index >= 15 is 0 Å². The predicted octanol–water partition coefficient (Wildman–Crippen LogP) is 2.46. The van der Waals surface area contributed by atoms with Crippen molar-refractivity contribution in [3.05, 3.63) is 41.6 Å². The lowest BCUT2D eigenvalue weighted by atomic mass is 9.99. The molecule has 3 nitrogen and oxygen atoms in total. The van der Waals surface area contributed by atoms with Crippen molar-refractivity contribution in [1.82, 2.24) is 10.4 Å². The molecule has 3 N–H and O–H groups in total. The van der Waals surface area contributed by atoms with E-state index in [1.807, 2.05) is 25.1 Å². The normalized spacial score (nSPS) is 12.9. The van der Waals surface area contributed by atoms with Crippen LogP contribution < -0.4 is 11.3 Å². The van der Waals surface area contributed by atoms with Crippen LogP contribution in [0.4, 0.5) is 0 Å². The van der Waals surface area contributed by atoms with Crippen LogP contribution in [0.15, 0.2) is 30.3 Å². The van der Waals surface area contributed by atoms with Crippen LogP contribution in [-0.2, 0) is 0 Å². The van der Waals surface area contributed by atoms with Crippen molar-refractivity contribution >= 4 is 10.9 Å². The van der Waals surface area contributed by atoms with E-state index in [1.54, 1.807) is 0 Å². The molecule has 0 saturated carbocycles. The minimum atomic E-state index is 0.187. The van der Waals surface area contributed by atoms with Gasteiger partial charge in [-0.1, -0.05) is 25.1 Å². The molecule has 0 fully saturated rings. The standard InChI is InChI=1S/C13H17N3/c1-3-12(16-14)11-8-9(2)15-13-7-5-4-6-10(11)13/h4-8,12,16H,3,14H2,1-2H3. The van der Waals surface area contributed by atoms with Crippen LogP contribution in [0.25, 0.3) is 10.9 Å². The molecule has 0 aliphatic heterocycles. The van der Waals surface area contributed by atoms with E-state index in [-0.39, 0.29) is 6.04 Å². The van der Waals surface area contributed by atoms with Crippen molar-refractivity contribution in [2.45, 2.75) is 26.3 Å². The molecule has 0 aliphatic carbocycles. The maximum atomic E-state index is 5.59. The molecule has 1 aromatic carbocycles. The lowest BCUT2D eigenvalue weighted by Gasteiger charge is -2.16. The third-order valence-electron chi connectivity index (χ3n) is 2.86. The number of fused-ring (bicyclic) bond motifs is 1. The molecular formula is C13H17N3. The Morgan fingerprint density at radius 1 is 1.38 bits per heavy atom. The number of hydrazine groups is 1. The largest absolute Gasteiger partial charge is 0.271 e. The zero-order valence-corrected chi connectivity index (χ0v) is 9.70. The number of para-hydroxylation sites is 1. The van der Waals surface area contributed by atoms with E-state index in [2.05, 4.69) is 29.5 Å². The van der Waals surface area contributed by atoms with E-state index in [0.29, 0.717) is 0 Å². The molecule has 0 bridgehead atoms. The lowest BCUT2D eigenvalue weighted by molar-refractivity contribution is 0.542. The molecule has 0 saturated heterocycles. The first kappa shape index (κ1) is 11.0. The highest BCUT2D eigenvalue weighted by Gasteiger charge is 2.11. The average Bonchev–Trinajstić information content (AvgIpc) is 2.30. The second kappa shape index (κ2) is 4.60. The van der Waals surface area contributed by atoms with E-state index in [0.717, 1.165) is 17.6 Å². The van der Waals surface area contributed by atoms with Crippen molar-refractivity contribution in [3.63, 3.8) is 0 Å². The van der Waals surface area contributed by atoms with Crippen molar-refractivity contribution in [2.24, 2.45) is 5.84 Å². The summed E-state index contributed by atoms with van der Waals surface area (Å²) in [6, 6.07) is 10.5. The van der Waals surface area contributed by atoms with Gasteiger partial charge in [-0.15, -0.1) is 0 Å². The van der Waals surface area contributed by atoms with Gasteiger partial charge in [0.25, 0.3) is 0 Å². The molecule has 0 aliphatic rings. The number of nitrogens with zero attached hydrogens (tertiary/aromatic N) is 1. The lowest BCUT2D eigenvalue weighted by Crippen LogP contribution is -2.27. The SMILES string of the molecule is CCC(NN)c1cc(C)nc2ccccc12. The van der Waals surface area contributed by atoms with Crippen LogP contribution in [0.2, 0.25) is 0 Å². The third-order valence-corrected chi connectivity index (χ3v) is 2.86. The topological polar surface area (TPSA) is 50.9 Å². The Morgan fingerprint density at radius 3 is 2.81 bits per heavy atom. The predicted molar refractivity (Wildman–Crippen MR) is 66.8 cm³/mol. The Labute approximate surface area is 95.7 Å². The highest BCUT2D eigenvalue weighted by atomic mass is 15.2. The van der Waals surface area contributed by atoms with Gasteiger partial charge in [-0.25, -0.2) is 0 Å². The number of aromatic nitrogens is 1. The quantitative estimate of drug-likeness (QED) is 0.611. The van der Waals surface area contributed by atoms with Crippen molar-refractivity contribution in [3.8, 4) is 0 Å². The molecule has 0 amide bonds. The number of aryl methyl sites for hydroxylation is 1. The average molecular weight is 215 g/mol. The fraction of sp³-hybridized carbons (Fsp3) is 0.308. The minimum absolute atomic E-state index is 0.187. The molecule has 0 radical (unpaired) electrons. The first-order valence-electron chi connectivity index (χ1n) is 5.58. The monoisotopic (exact) mass is 215 g/mol. The Bertz CT molecular complexity index is 490. The molecule has 3 heteroatoms. The van der Waals surface area contributed by atoms with Gasteiger partial charge in [0.15, 0.2) is 0 Å². The summed E-state index contributed by atoms with van der Waals surface area (Å²) in [7, 11) is 0. The maximum Gasteiger partial charge on any atom is 0.0708 e. The van der Waals surface area contributed by atoms with Crippen LogP contribution in [0, 0.1) is 6.92 Å². The van der Waals surface area contributed by atoms with Crippen LogP contribution in [0.3, 0.4) is 0 Å². The summed E-state index contributed by atoms with van der Waals surface area (Å²) in [6.07, 6.45) is 0.962. The second-order valence-electron chi connectivity index (χ2n) is 4.00. The number of nitrogens with one attached hydrogen (secondary N) is 1.